The third-order valence-electron chi connectivity index (χ3n) is 10.5. The SMILES string of the molecule is COC(=O)[C@@H]1N[C@H](c2ccccc2)[C]2(c3ccccc3-c3ccccc32)[Ge]1([c]1c(C)cc(C)cc1C)[c]1c(C)cc(C)cc1C. The predicted octanol–water partition coefficient (Wildman–Crippen LogP) is 7.03. The first-order valence-electron chi connectivity index (χ1n) is 15.9. The average Bonchev–Trinajstić information content (AvgIpc) is 3.48. The molecule has 45 heavy (non-hydrogen) atoms. The van der Waals surface area contributed by atoms with E-state index in [1.807, 2.05) is 0 Å². The van der Waals surface area contributed by atoms with Gasteiger partial charge in [-0.05, 0) is 0 Å². The number of esters is 1. The molecule has 1 aliphatic carbocycles. The normalized spacial score (nSPS) is 18.9. The van der Waals surface area contributed by atoms with Gasteiger partial charge in [0.15, 0.2) is 0 Å². The Morgan fingerprint density at radius 3 is 1.51 bits per heavy atom. The summed E-state index contributed by atoms with van der Waals surface area (Å²) in [6.45, 7) is 13.4. The molecule has 0 saturated carbocycles. The molecule has 0 aromatic heterocycles. The Labute approximate surface area is 270 Å². The van der Waals surface area contributed by atoms with Gasteiger partial charge in [0.25, 0.3) is 0 Å². The molecule has 0 bridgehead atoms. The number of hydrogen-bond acceptors (Lipinski definition) is 3. The molecule has 1 spiro atoms. The van der Waals surface area contributed by atoms with Gasteiger partial charge >= 0.3 is 271 Å². The zero-order chi connectivity index (χ0) is 31.7. The summed E-state index contributed by atoms with van der Waals surface area (Å²) in [5.41, 5.74) is 13.9. The molecule has 0 radical (unpaired) electrons. The summed E-state index contributed by atoms with van der Waals surface area (Å²) in [5, 5.41) is 4.11. The van der Waals surface area contributed by atoms with E-state index < -0.39 is 22.4 Å². The third-order valence-corrected chi connectivity index (χ3v) is 24.2. The molecule has 2 aliphatic rings. The molecule has 1 aliphatic heterocycles. The number of nitrogens with one attached hydrogen (secondary N) is 1. The number of rotatable bonds is 4. The van der Waals surface area contributed by atoms with Crippen molar-refractivity contribution in [3.05, 3.63) is 153 Å². The van der Waals surface area contributed by atoms with E-state index in [1.165, 1.54) is 70.0 Å². The van der Waals surface area contributed by atoms with E-state index in [-0.39, 0.29) is 12.0 Å². The summed E-state index contributed by atoms with van der Waals surface area (Å²) in [4.78, 5) is 14.2. The van der Waals surface area contributed by atoms with E-state index >= 15 is 0 Å². The van der Waals surface area contributed by atoms with Crippen LogP contribution in [0.15, 0.2) is 103 Å². The van der Waals surface area contributed by atoms with Gasteiger partial charge in [0.1, 0.15) is 0 Å². The van der Waals surface area contributed by atoms with Crippen LogP contribution in [0.25, 0.3) is 11.1 Å². The van der Waals surface area contributed by atoms with E-state index in [2.05, 4.69) is 150 Å². The van der Waals surface area contributed by atoms with Gasteiger partial charge < -0.3 is 0 Å². The first-order valence-corrected chi connectivity index (χ1v) is 20.3. The number of ether oxygens (including phenoxy) is 1. The van der Waals surface area contributed by atoms with E-state index in [1.54, 1.807) is 7.11 Å². The zero-order valence-corrected chi connectivity index (χ0v) is 29.4. The molecule has 2 atom stereocenters. The standard InChI is InChI=1S/C41H41GeNO2/c1-25-21-27(3)36(28(4)22-25)42(37-29(5)23-26(2)24-30(37)6)39(40(44)45-7)43-38(31-15-9-8-10-16-31)41(42)34-19-13-11-17-32(34)33-18-12-14-20-35(33)41/h8-24,38-39,43H,1-7H3/t38-,39+/m1/s1. The van der Waals surface area contributed by atoms with E-state index in [0.29, 0.717) is 0 Å². The van der Waals surface area contributed by atoms with E-state index in [9.17, 15) is 4.79 Å². The molecule has 0 amide bonds. The fourth-order valence-electron chi connectivity index (χ4n) is 9.64. The van der Waals surface area contributed by atoms with Gasteiger partial charge in [0.2, 0.25) is 0 Å². The van der Waals surface area contributed by atoms with Crippen molar-refractivity contribution in [3.8, 4) is 11.1 Å². The first-order chi connectivity index (χ1) is 21.7. The second-order valence-corrected chi connectivity index (χ2v) is 21.6. The summed E-state index contributed by atoms with van der Waals surface area (Å²) >= 11 is -4.25. The van der Waals surface area contributed by atoms with Crippen molar-refractivity contribution in [2.45, 2.75) is 56.7 Å². The Balaban J connectivity index is 1.82. The van der Waals surface area contributed by atoms with Crippen molar-refractivity contribution < 1.29 is 9.53 Å². The van der Waals surface area contributed by atoms with Gasteiger partial charge in [-0.1, -0.05) is 0 Å². The average molecular weight is 652 g/mol. The van der Waals surface area contributed by atoms with Gasteiger partial charge in [-0.3, -0.25) is 0 Å². The van der Waals surface area contributed by atoms with Gasteiger partial charge in [0, 0.05) is 0 Å². The first kappa shape index (κ1) is 29.8. The van der Waals surface area contributed by atoms with Gasteiger partial charge in [-0.2, -0.15) is 0 Å². The van der Waals surface area contributed by atoms with Crippen molar-refractivity contribution in [1.82, 2.24) is 5.32 Å². The molecule has 4 heteroatoms. The van der Waals surface area contributed by atoms with Gasteiger partial charge in [-0.25, -0.2) is 0 Å². The summed E-state index contributed by atoms with van der Waals surface area (Å²) in [6.07, 6.45) is 0. The van der Waals surface area contributed by atoms with Crippen LogP contribution in [0.2, 0.25) is 0 Å². The molecule has 1 N–H and O–H groups in total. The van der Waals surface area contributed by atoms with Crippen LogP contribution in [0.5, 0.6) is 0 Å². The van der Waals surface area contributed by atoms with Crippen LogP contribution >= 0.6 is 0 Å². The number of carbonyl (C=O) groups is 1. The molecule has 7 rings (SSSR count). The van der Waals surface area contributed by atoms with Crippen molar-refractivity contribution in [3.63, 3.8) is 0 Å². The zero-order valence-electron chi connectivity index (χ0n) is 27.3. The van der Waals surface area contributed by atoms with E-state index in [0.717, 1.165) is 0 Å². The summed E-state index contributed by atoms with van der Waals surface area (Å²) < 4.78 is 8.08. The number of fused-ring (bicyclic) bond motifs is 5. The second-order valence-electron chi connectivity index (χ2n) is 13.2. The Bertz CT molecular complexity index is 1830. The Kier molecular flexibility index (Phi) is 7.18. The Morgan fingerprint density at radius 2 is 1.07 bits per heavy atom. The number of benzene rings is 5. The number of hydrogen-bond donors (Lipinski definition) is 1. The van der Waals surface area contributed by atoms with Crippen LogP contribution in [-0.4, -0.2) is 31.2 Å². The van der Waals surface area contributed by atoms with Crippen LogP contribution in [0.1, 0.15) is 56.1 Å². The molecule has 1 heterocycles. The monoisotopic (exact) mass is 653 g/mol. The number of aryl methyl sites for hydroxylation is 6. The van der Waals surface area contributed by atoms with Crippen molar-refractivity contribution in [2.75, 3.05) is 7.11 Å². The van der Waals surface area contributed by atoms with Crippen LogP contribution in [0.3, 0.4) is 0 Å². The van der Waals surface area contributed by atoms with Crippen molar-refractivity contribution >= 4 is 28.0 Å². The fraction of sp³-hybridized carbons (Fsp3) is 0.244. The minimum absolute atomic E-state index is 0.159. The maximum atomic E-state index is 14.7. The molecular weight excluding hydrogens is 611 g/mol. The maximum absolute atomic E-state index is 14.7. The summed E-state index contributed by atoms with van der Waals surface area (Å²) in [5.74, 6) is -0.173. The van der Waals surface area contributed by atoms with Crippen molar-refractivity contribution in [2.24, 2.45) is 0 Å². The molecule has 0 unspecified atom stereocenters. The van der Waals surface area contributed by atoms with Crippen LogP contribution in [0.4, 0.5) is 0 Å². The topological polar surface area (TPSA) is 38.3 Å². The Hall–Kier alpha value is -3.93. The van der Waals surface area contributed by atoms with Crippen molar-refractivity contribution in [1.29, 1.82) is 0 Å². The minimum atomic E-state index is -4.25. The van der Waals surface area contributed by atoms with Crippen LogP contribution in [0, 0.1) is 41.5 Å². The number of carbonyl (C=O) groups excluding carboxylic acids is 1. The summed E-state index contributed by atoms with van der Waals surface area (Å²) in [6, 6.07) is 37.9. The molecule has 3 nitrogen and oxygen atoms in total. The number of methoxy groups -OCH3 is 1. The van der Waals surface area contributed by atoms with E-state index in [4.69, 9.17) is 4.74 Å². The molecule has 5 aromatic carbocycles. The summed E-state index contributed by atoms with van der Waals surface area (Å²) in [7, 11) is 1.56. The molecular formula is C41H41GeNO2. The van der Waals surface area contributed by atoms with Gasteiger partial charge in [0.05, 0.1) is 0 Å². The van der Waals surface area contributed by atoms with Crippen LogP contribution in [-0.2, 0) is 13.8 Å². The fourth-order valence-corrected chi connectivity index (χ4v) is 25.9. The third kappa shape index (κ3) is 3.96. The van der Waals surface area contributed by atoms with Gasteiger partial charge in [-0.15, -0.1) is 0 Å². The molecule has 1 fully saturated rings. The predicted molar refractivity (Wildman–Crippen MR) is 187 cm³/mol. The van der Waals surface area contributed by atoms with Crippen LogP contribution < -0.4 is 14.1 Å². The second kappa shape index (κ2) is 10.9. The molecule has 5 aromatic rings. The molecule has 1 saturated heterocycles. The quantitative estimate of drug-likeness (QED) is 0.168. The molecule has 226 valence electrons. The Morgan fingerprint density at radius 1 is 0.644 bits per heavy atom.